The summed E-state index contributed by atoms with van der Waals surface area (Å²) in [6, 6.07) is 3.23. The van der Waals surface area contributed by atoms with Crippen LogP contribution in [0.15, 0.2) is 23.2 Å². The Morgan fingerprint density at radius 2 is 2.21 bits per heavy atom. The zero-order chi connectivity index (χ0) is 13.9. The van der Waals surface area contributed by atoms with Gasteiger partial charge in [-0.15, -0.1) is 0 Å². The third-order valence-electron chi connectivity index (χ3n) is 2.98. The molecule has 0 atom stereocenters. The molecular weight excluding hydrogens is 266 g/mol. The molecule has 1 heterocycles. The third-order valence-corrected chi connectivity index (χ3v) is 4.91. The summed E-state index contributed by atoms with van der Waals surface area (Å²) in [4.78, 5) is 4.25. The normalized spacial score (nSPS) is 15.7. The van der Waals surface area contributed by atoms with Crippen molar-refractivity contribution in [3.05, 3.63) is 18.3 Å². The lowest BCUT2D eigenvalue weighted by Crippen LogP contribution is -2.35. The highest BCUT2D eigenvalue weighted by molar-refractivity contribution is 7.89. The van der Waals surface area contributed by atoms with Crippen molar-refractivity contribution in [1.29, 1.82) is 0 Å². The van der Waals surface area contributed by atoms with Crippen LogP contribution in [-0.4, -0.2) is 48.6 Å². The van der Waals surface area contributed by atoms with Crippen LogP contribution in [0.4, 0.5) is 5.82 Å². The van der Waals surface area contributed by atoms with E-state index in [1.165, 1.54) is 10.5 Å². The molecule has 0 unspecified atom stereocenters. The van der Waals surface area contributed by atoms with Crippen LogP contribution in [-0.2, 0) is 10.0 Å². The van der Waals surface area contributed by atoms with Crippen molar-refractivity contribution in [2.45, 2.75) is 30.7 Å². The van der Waals surface area contributed by atoms with Crippen molar-refractivity contribution in [3.63, 3.8) is 0 Å². The van der Waals surface area contributed by atoms with Crippen LogP contribution in [0, 0.1) is 0 Å². The molecule has 1 aromatic rings. The molecule has 6 nitrogen and oxygen atoms in total. The van der Waals surface area contributed by atoms with Crippen LogP contribution in [0.5, 0.6) is 0 Å². The number of hydrogen-bond acceptors (Lipinski definition) is 5. The fraction of sp³-hybridized carbons (Fsp3) is 0.583. The van der Waals surface area contributed by atoms with Crippen LogP contribution in [0.25, 0.3) is 0 Å². The predicted molar refractivity (Wildman–Crippen MR) is 72.4 cm³/mol. The fourth-order valence-corrected chi connectivity index (χ4v) is 3.54. The number of sulfonamides is 1. The number of anilines is 1. The highest BCUT2D eigenvalue weighted by atomic mass is 32.2. The van der Waals surface area contributed by atoms with Crippen molar-refractivity contribution < 1.29 is 13.5 Å². The minimum atomic E-state index is -3.55. The molecule has 0 aliphatic heterocycles. The van der Waals surface area contributed by atoms with Crippen molar-refractivity contribution in [2.75, 3.05) is 25.0 Å². The molecule has 106 valence electrons. The number of aliphatic hydroxyl groups excluding tert-OH is 1. The van der Waals surface area contributed by atoms with Gasteiger partial charge in [-0.2, -0.15) is 4.31 Å². The predicted octanol–water partition coefficient (Wildman–Crippen LogP) is 0.659. The minimum Gasteiger partial charge on any atom is -0.395 e. The maximum Gasteiger partial charge on any atom is 0.244 e. The second-order valence-corrected chi connectivity index (χ2v) is 6.37. The largest absolute Gasteiger partial charge is 0.395 e. The Morgan fingerprint density at radius 3 is 2.68 bits per heavy atom. The number of pyridine rings is 1. The van der Waals surface area contributed by atoms with Gasteiger partial charge >= 0.3 is 0 Å². The summed E-state index contributed by atoms with van der Waals surface area (Å²) in [6.45, 7) is 2.65. The molecule has 0 saturated heterocycles. The summed E-state index contributed by atoms with van der Waals surface area (Å²) in [6.07, 6.45) is 3.09. The van der Waals surface area contributed by atoms with E-state index in [1.807, 2.05) is 6.92 Å². The summed E-state index contributed by atoms with van der Waals surface area (Å²) in [5.41, 5.74) is 0. The summed E-state index contributed by atoms with van der Waals surface area (Å²) in [5, 5.41) is 12.0. The topological polar surface area (TPSA) is 82.5 Å². The SMILES string of the molecule is CCNc1ccc(S(=O)(=O)N(CCO)C2CC2)cn1. The number of aromatic nitrogens is 1. The van der Waals surface area contributed by atoms with E-state index >= 15 is 0 Å². The van der Waals surface area contributed by atoms with Crippen LogP contribution in [0.2, 0.25) is 0 Å². The van der Waals surface area contributed by atoms with Crippen molar-refractivity contribution in [2.24, 2.45) is 0 Å². The number of aliphatic hydroxyl groups is 1. The molecule has 0 amide bonds. The number of rotatable bonds is 7. The highest BCUT2D eigenvalue weighted by Gasteiger charge is 2.37. The van der Waals surface area contributed by atoms with E-state index in [9.17, 15) is 8.42 Å². The second kappa shape index (κ2) is 5.85. The fourth-order valence-electron chi connectivity index (χ4n) is 1.91. The lowest BCUT2D eigenvalue weighted by molar-refractivity contribution is 0.250. The minimum absolute atomic E-state index is 0.0330. The van der Waals surface area contributed by atoms with Crippen molar-refractivity contribution in [1.82, 2.24) is 9.29 Å². The van der Waals surface area contributed by atoms with Gasteiger partial charge in [0, 0.05) is 25.3 Å². The first-order chi connectivity index (χ1) is 9.09. The molecule has 1 saturated carbocycles. The smallest absolute Gasteiger partial charge is 0.244 e. The number of hydrogen-bond donors (Lipinski definition) is 2. The first-order valence-electron chi connectivity index (χ1n) is 6.42. The number of nitrogens with one attached hydrogen (secondary N) is 1. The Morgan fingerprint density at radius 1 is 1.47 bits per heavy atom. The van der Waals surface area contributed by atoms with Crippen LogP contribution in [0.3, 0.4) is 0 Å². The first kappa shape index (κ1) is 14.2. The third kappa shape index (κ3) is 3.23. The molecule has 0 radical (unpaired) electrons. The molecule has 1 fully saturated rings. The molecule has 2 N–H and O–H groups in total. The van der Waals surface area contributed by atoms with Gasteiger partial charge in [0.05, 0.1) is 6.61 Å². The van der Waals surface area contributed by atoms with Crippen LogP contribution >= 0.6 is 0 Å². The standard InChI is InChI=1S/C12H19N3O3S/c1-2-13-12-6-5-11(9-14-12)19(17,18)15(7-8-16)10-3-4-10/h5-6,9-10,16H,2-4,7-8H2,1H3,(H,13,14). The van der Waals surface area contributed by atoms with Gasteiger partial charge < -0.3 is 10.4 Å². The molecule has 0 aromatic carbocycles. The van der Waals surface area contributed by atoms with Gasteiger partial charge in [-0.1, -0.05) is 0 Å². The highest BCUT2D eigenvalue weighted by Crippen LogP contribution is 2.31. The lowest BCUT2D eigenvalue weighted by atomic mass is 10.4. The van der Waals surface area contributed by atoms with Crippen LogP contribution in [0.1, 0.15) is 19.8 Å². The average Bonchev–Trinajstić information content (AvgIpc) is 3.21. The Hall–Kier alpha value is -1.18. The van der Waals surface area contributed by atoms with E-state index in [0.717, 1.165) is 19.4 Å². The maximum atomic E-state index is 12.4. The zero-order valence-electron chi connectivity index (χ0n) is 10.9. The Bertz CT molecular complexity index is 512. The molecule has 0 bridgehead atoms. The monoisotopic (exact) mass is 285 g/mol. The van der Waals surface area contributed by atoms with Gasteiger partial charge in [-0.25, -0.2) is 13.4 Å². The van der Waals surface area contributed by atoms with Gasteiger partial charge in [-0.05, 0) is 31.9 Å². The van der Waals surface area contributed by atoms with E-state index in [1.54, 1.807) is 12.1 Å². The summed E-state index contributed by atoms with van der Waals surface area (Å²) in [5.74, 6) is 0.654. The van der Waals surface area contributed by atoms with E-state index in [4.69, 9.17) is 5.11 Å². The quantitative estimate of drug-likeness (QED) is 0.769. The van der Waals surface area contributed by atoms with Gasteiger partial charge in [0.1, 0.15) is 10.7 Å². The Labute approximate surface area is 113 Å². The molecule has 19 heavy (non-hydrogen) atoms. The van der Waals surface area contributed by atoms with Gasteiger partial charge in [0.2, 0.25) is 10.0 Å². The van der Waals surface area contributed by atoms with Gasteiger partial charge in [0.25, 0.3) is 0 Å². The number of nitrogens with zero attached hydrogens (tertiary/aromatic N) is 2. The molecule has 1 aromatic heterocycles. The van der Waals surface area contributed by atoms with E-state index < -0.39 is 10.0 Å². The molecule has 0 spiro atoms. The molecule has 7 heteroatoms. The molecule has 1 aliphatic carbocycles. The molecule has 1 aliphatic rings. The summed E-state index contributed by atoms with van der Waals surface area (Å²) >= 11 is 0. The lowest BCUT2D eigenvalue weighted by Gasteiger charge is -2.20. The van der Waals surface area contributed by atoms with Gasteiger partial charge in [0.15, 0.2) is 0 Å². The Balaban J connectivity index is 2.22. The molecule has 2 rings (SSSR count). The Kier molecular flexibility index (Phi) is 4.38. The average molecular weight is 285 g/mol. The maximum absolute atomic E-state index is 12.4. The zero-order valence-corrected chi connectivity index (χ0v) is 11.7. The van der Waals surface area contributed by atoms with Crippen LogP contribution < -0.4 is 5.32 Å². The van der Waals surface area contributed by atoms with E-state index in [2.05, 4.69) is 10.3 Å². The van der Waals surface area contributed by atoms with E-state index in [-0.39, 0.29) is 24.1 Å². The molecular formula is C12H19N3O3S. The van der Waals surface area contributed by atoms with Crippen molar-refractivity contribution >= 4 is 15.8 Å². The summed E-state index contributed by atoms with van der Waals surface area (Å²) < 4.78 is 26.2. The second-order valence-electron chi connectivity index (χ2n) is 4.48. The van der Waals surface area contributed by atoms with E-state index in [0.29, 0.717) is 5.82 Å². The first-order valence-corrected chi connectivity index (χ1v) is 7.86. The van der Waals surface area contributed by atoms with Gasteiger partial charge in [-0.3, -0.25) is 0 Å². The summed E-state index contributed by atoms with van der Waals surface area (Å²) in [7, 11) is -3.55. The van der Waals surface area contributed by atoms with Crippen molar-refractivity contribution in [3.8, 4) is 0 Å².